The summed E-state index contributed by atoms with van der Waals surface area (Å²) in [7, 11) is 1.61. The number of benzene rings is 1. The number of amides is 1. The summed E-state index contributed by atoms with van der Waals surface area (Å²) in [6.45, 7) is 0. The van der Waals surface area contributed by atoms with Crippen molar-refractivity contribution in [2.75, 3.05) is 11.1 Å². The van der Waals surface area contributed by atoms with Crippen molar-refractivity contribution in [3.63, 3.8) is 0 Å². The van der Waals surface area contributed by atoms with Gasteiger partial charge in [-0.05, 0) is 29.6 Å². The van der Waals surface area contributed by atoms with Crippen LogP contribution in [0.2, 0.25) is 0 Å². The Morgan fingerprint density at radius 3 is 2.83 bits per heavy atom. The topological polar surface area (TPSA) is 76.9 Å². The highest BCUT2D eigenvalue weighted by molar-refractivity contribution is 7.99. The van der Waals surface area contributed by atoms with Gasteiger partial charge < -0.3 is 5.32 Å². The van der Waals surface area contributed by atoms with Crippen molar-refractivity contribution in [1.29, 1.82) is 0 Å². The van der Waals surface area contributed by atoms with Gasteiger partial charge in [0, 0.05) is 18.0 Å². The highest BCUT2D eigenvalue weighted by Crippen LogP contribution is 2.26. The Balaban J connectivity index is 1.43. The van der Waals surface area contributed by atoms with Crippen LogP contribution in [0.15, 0.2) is 45.0 Å². The van der Waals surface area contributed by atoms with E-state index in [0.717, 1.165) is 23.9 Å². The van der Waals surface area contributed by atoms with E-state index >= 15 is 0 Å². The number of carbonyl (C=O) groups is 1. The van der Waals surface area contributed by atoms with E-state index in [1.54, 1.807) is 23.9 Å². The van der Waals surface area contributed by atoms with Crippen LogP contribution in [-0.4, -0.2) is 26.2 Å². The molecule has 0 spiro atoms. The van der Waals surface area contributed by atoms with E-state index in [-0.39, 0.29) is 17.2 Å². The lowest BCUT2D eigenvalue weighted by atomic mass is 10.2. The second-order valence-electron chi connectivity index (χ2n) is 5.90. The molecule has 29 heavy (non-hydrogen) atoms. The van der Waals surface area contributed by atoms with Crippen LogP contribution >= 0.6 is 34.4 Å². The first-order valence-electron chi connectivity index (χ1n) is 8.20. The quantitative estimate of drug-likeness (QED) is 0.366. The lowest BCUT2D eigenvalue weighted by Crippen LogP contribution is -2.20. The molecule has 0 atom stereocenters. The van der Waals surface area contributed by atoms with Gasteiger partial charge in [0.1, 0.15) is 4.83 Å². The first-order chi connectivity index (χ1) is 13.9. The Hall–Kier alpha value is -2.63. The van der Waals surface area contributed by atoms with Gasteiger partial charge in [-0.15, -0.1) is 22.7 Å². The number of nitrogens with zero attached hydrogens (tertiary/aromatic N) is 3. The van der Waals surface area contributed by atoms with Crippen LogP contribution in [0, 0.1) is 11.6 Å². The second kappa shape index (κ2) is 8.01. The molecule has 0 saturated carbocycles. The number of rotatable bonds is 5. The van der Waals surface area contributed by atoms with E-state index in [2.05, 4.69) is 15.3 Å². The number of aromatic nitrogens is 3. The van der Waals surface area contributed by atoms with Gasteiger partial charge in [0.2, 0.25) is 5.91 Å². The van der Waals surface area contributed by atoms with E-state index in [9.17, 15) is 18.4 Å². The number of carbonyl (C=O) groups excluding carboxylic acids is 1. The van der Waals surface area contributed by atoms with E-state index < -0.39 is 11.6 Å². The Labute approximate surface area is 175 Å². The van der Waals surface area contributed by atoms with Gasteiger partial charge in [-0.3, -0.25) is 14.2 Å². The summed E-state index contributed by atoms with van der Waals surface area (Å²) in [5.74, 6) is -2.17. The zero-order valence-corrected chi connectivity index (χ0v) is 17.3. The molecule has 0 aliphatic carbocycles. The number of thiophene rings is 1. The van der Waals surface area contributed by atoms with Crippen molar-refractivity contribution in [2.24, 2.45) is 7.05 Å². The molecule has 4 rings (SSSR count). The molecule has 0 aliphatic rings. The largest absolute Gasteiger partial charge is 0.301 e. The summed E-state index contributed by atoms with van der Waals surface area (Å²) in [6.07, 6.45) is 0. The fourth-order valence-corrected chi connectivity index (χ4v) is 4.83. The highest BCUT2D eigenvalue weighted by atomic mass is 32.2. The van der Waals surface area contributed by atoms with Crippen molar-refractivity contribution >= 4 is 55.7 Å². The second-order valence-corrected chi connectivity index (χ2v) is 8.60. The molecule has 6 nitrogen and oxygen atoms in total. The third-order valence-electron chi connectivity index (χ3n) is 3.96. The van der Waals surface area contributed by atoms with Gasteiger partial charge in [-0.1, -0.05) is 11.8 Å². The number of hydrogen-bond acceptors (Lipinski definition) is 7. The average molecular weight is 451 g/mol. The molecule has 11 heteroatoms. The third-order valence-corrected chi connectivity index (χ3v) is 6.56. The van der Waals surface area contributed by atoms with Crippen molar-refractivity contribution in [1.82, 2.24) is 14.5 Å². The number of hydrogen-bond donors (Lipinski definition) is 1. The third kappa shape index (κ3) is 4.07. The molecule has 3 aromatic heterocycles. The average Bonchev–Trinajstić information content (AvgIpc) is 3.35. The maximum absolute atomic E-state index is 13.4. The first kappa shape index (κ1) is 19.7. The predicted molar refractivity (Wildman–Crippen MR) is 112 cm³/mol. The fraction of sp³-hybridized carbons (Fsp3) is 0.111. The number of nitrogens with one attached hydrogen (secondary N) is 1. The first-order valence-corrected chi connectivity index (χ1v) is 10.9. The minimum Gasteiger partial charge on any atom is -0.301 e. The maximum Gasteiger partial charge on any atom is 0.262 e. The van der Waals surface area contributed by atoms with E-state index in [4.69, 9.17) is 0 Å². The van der Waals surface area contributed by atoms with Gasteiger partial charge in [0.15, 0.2) is 21.9 Å². The van der Waals surface area contributed by atoms with Gasteiger partial charge in [0.25, 0.3) is 5.56 Å². The van der Waals surface area contributed by atoms with E-state index in [1.807, 2.05) is 0 Å². The van der Waals surface area contributed by atoms with Crippen LogP contribution in [0.1, 0.15) is 0 Å². The number of thiazole rings is 1. The zero-order chi connectivity index (χ0) is 20.5. The smallest absolute Gasteiger partial charge is 0.262 e. The van der Waals surface area contributed by atoms with E-state index in [0.29, 0.717) is 31.8 Å². The SMILES string of the molecule is Cn1c(SCC(=O)Nc2nc(-c3ccc(F)c(F)c3)cs2)nc2sccc2c1=O. The normalized spacial score (nSPS) is 11.1. The molecule has 3 heterocycles. The standard InChI is InChI=1S/C18H12F2N4O2S3/c1-24-16(26)10-4-5-27-15(10)23-18(24)29-8-14(25)22-17-21-13(7-28-17)9-2-3-11(19)12(20)6-9/h2-7H,8H2,1H3,(H,21,22,25). The molecule has 1 N–H and O–H groups in total. The zero-order valence-electron chi connectivity index (χ0n) is 14.8. The van der Waals surface area contributed by atoms with Crippen LogP contribution in [0.3, 0.4) is 0 Å². The molecule has 4 aromatic rings. The number of halogens is 2. The van der Waals surface area contributed by atoms with Gasteiger partial charge >= 0.3 is 0 Å². The molecule has 0 saturated heterocycles. The molecule has 0 aliphatic heterocycles. The van der Waals surface area contributed by atoms with Crippen molar-refractivity contribution in [2.45, 2.75) is 5.16 Å². The molecule has 0 unspecified atom stereocenters. The molecule has 1 aromatic carbocycles. The number of anilines is 1. The van der Waals surface area contributed by atoms with Crippen LogP contribution in [0.4, 0.5) is 13.9 Å². The molecular weight excluding hydrogens is 438 g/mol. The summed E-state index contributed by atoms with van der Waals surface area (Å²) < 4.78 is 27.9. The van der Waals surface area contributed by atoms with Crippen LogP contribution in [-0.2, 0) is 11.8 Å². The van der Waals surface area contributed by atoms with Gasteiger partial charge in [0.05, 0.1) is 16.8 Å². The van der Waals surface area contributed by atoms with Gasteiger partial charge in [-0.2, -0.15) is 0 Å². The molecule has 0 fully saturated rings. The number of fused-ring (bicyclic) bond motifs is 1. The summed E-state index contributed by atoms with van der Waals surface area (Å²) in [6, 6.07) is 5.23. The fourth-order valence-electron chi connectivity index (χ4n) is 2.51. The van der Waals surface area contributed by atoms with E-state index in [1.165, 1.54) is 33.3 Å². The molecule has 148 valence electrons. The minimum atomic E-state index is -0.960. The Kier molecular flexibility index (Phi) is 5.43. The van der Waals surface area contributed by atoms with Crippen molar-refractivity contribution < 1.29 is 13.6 Å². The van der Waals surface area contributed by atoms with Crippen molar-refractivity contribution in [3.05, 3.63) is 57.0 Å². The summed E-state index contributed by atoms with van der Waals surface area (Å²) in [4.78, 5) is 33.8. The Morgan fingerprint density at radius 2 is 2.03 bits per heavy atom. The highest BCUT2D eigenvalue weighted by Gasteiger charge is 2.14. The van der Waals surface area contributed by atoms with Crippen LogP contribution < -0.4 is 10.9 Å². The lowest BCUT2D eigenvalue weighted by molar-refractivity contribution is -0.113. The Bertz CT molecular complexity index is 1280. The van der Waals surface area contributed by atoms with Crippen LogP contribution in [0.5, 0.6) is 0 Å². The van der Waals surface area contributed by atoms with Gasteiger partial charge in [-0.25, -0.2) is 18.7 Å². The molecule has 0 bridgehead atoms. The molecule has 1 amide bonds. The molecular formula is C18H12F2N4O2S3. The number of thioether (sulfide) groups is 1. The predicted octanol–water partition coefficient (Wildman–Crippen LogP) is 4.13. The lowest BCUT2D eigenvalue weighted by Gasteiger charge is -2.06. The monoisotopic (exact) mass is 450 g/mol. The summed E-state index contributed by atoms with van der Waals surface area (Å²) >= 11 is 3.69. The van der Waals surface area contributed by atoms with Crippen molar-refractivity contribution in [3.8, 4) is 11.3 Å². The minimum absolute atomic E-state index is 0.0389. The summed E-state index contributed by atoms with van der Waals surface area (Å²) in [5, 5.41) is 7.44. The summed E-state index contributed by atoms with van der Waals surface area (Å²) in [5.41, 5.74) is 0.692. The van der Waals surface area contributed by atoms with Crippen LogP contribution in [0.25, 0.3) is 21.5 Å². The maximum atomic E-state index is 13.4. The molecule has 0 radical (unpaired) electrons. The Morgan fingerprint density at radius 1 is 1.21 bits per heavy atom.